The summed E-state index contributed by atoms with van der Waals surface area (Å²) in [6, 6.07) is 8.62. The van der Waals surface area contributed by atoms with Gasteiger partial charge in [0.2, 0.25) is 10.0 Å². The van der Waals surface area contributed by atoms with Crippen LogP contribution in [0.4, 0.5) is 10.1 Å². The Kier molecular flexibility index (Phi) is 5.31. The number of anilines is 1. The number of rotatable bonds is 5. The van der Waals surface area contributed by atoms with Gasteiger partial charge in [0, 0.05) is 24.3 Å². The maximum absolute atomic E-state index is 14.3. The Labute approximate surface area is 172 Å². The van der Waals surface area contributed by atoms with E-state index in [9.17, 15) is 17.6 Å². The third-order valence-electron chi connectivity index (χ3n) is 4.96. The topological polar surface area (TPSA) is 110 Å². The SMILES string of the molecule is Cc1ccc(-n2cnnn2)cc1NC(=O)c1ccc(F)c(S(=O)(=O)N2CCCC2)c1. The number of hydrogen-bond acceptors (Lipinski definition) is 6. The van der Waals surface area contributed by atoms with Crippen LogP contribution in [0.5, 0.6) is 0 Å². The van der Waals surface area contributed by atoms with Crippen LogP contribution in [0.2, 0.25) is 0 Å². The molecule has 0 saturated carbocycles. The monoisotopic (exact) mass is 430 g/mol. The summed E-state index contributed by atoms with van der Waals surface area (Å²) in [7, 11) is -3.99. The van der Waals surface area contributed by atoms with Gasteiger partial charge in [-0.15, -0.1) is 5.10 Å². The summed E-state index contributed by atoms with van der Waals surface area (Å²) in [5, 5.41) is 13.7. The number of sulfonamides is 1. The van der Waals surface area contributed by atoms with E-state index in [0.29, 0.717) is 24.5 Å². The standard InChI is InChI=1S/C19H19FN6O3S/c1-13-4-6-15(26-12-21-23-24-26)11-17(13)22-19(27)14-5-7-16(20)18(10-14)30(28,29)25-8-2-3-9-25/h4-7,10-12H,2-3,8-9H2,1H3,(H,22,27). The summed E-state index contributed by atoms with van der Waals surface area (Å²) in [4.78, 5) is 12.3. The molecule has 156 valence electrons. The lowest BCUT2D eigenvalue weighted by molar-refractivity contribution is 0.102. The Balaban J connectivity index is 1.63. The smallest absolute Gasteiger partial charge is 0.255 e. The van der Waals surface area contributed by atoms with Gasteiger partial charge in [-0.25, -0.2) is 17.5 Å². The first-order valence-electron chi connectivity index (χ1n) is 9.31. The molecule has 4 rings (SSSR count). The molecule has 30 heavy (non-hydrogen) atoms. The lowest BCUT2D eigenvalue weighted by atomic mass is 10.1. The highest BCUT2D eigenvalue weighted by Gasteiger charge is 2.30. The molecule has 1 amide bonds. The van der Waals surface area contributed by atoms with Gasteiger partial charge in [-0.1, -0.05) is 6.07 Å². The van der Waals surface area contributed by atoms with Crippen molar-refractivity contribution in [1.82, 2.24) is 24.5 Å². The van der Waals surface area contributed by atoms with Gasteiger partial charge in [0.1, 0.15) is 17.0 Å². The van der Waals surface area contributed by atoms with Crippen LogP contribution in [0.15, 0.2) is 47.6 Å². The van der Waals surface area contributed by atoms with Crippen molar-refractivity contribution in [3.8, 4) is 5.69 Å². The van der Waals surface area contributed by atoms with E-state index in [1.165, 1.54) is 21.4 Å². The van der Waals surface area contributed by atoms with Gasteiger partial charge in [-0.05, 0) is 66.1 Å². The van der Waals surface area contributed by atoms with Crippen molar-refractivity contribution in [2.45, 2.75) is 24.7 Å². The molecule has 11 heteroatoms. The number of nitrogens with zero attached hydrogens (tertiary/aromatic N) is 5. The van der Waals surface area contributed by atoms with Crippen molar-refractivity contribution in [2.24, 2.45) is 0 Å². The highest BCUT2D eigenvalue weighted by Crippen LogP contribution is 2.25. The number of carbonyl (C=O) groups is 1. The maximum Gasteiger partial charge on any atom is 0.255 e. The molecule has 1 fully saturated rings. The Hall–Kier alpha value is -3.18. The number of halogens is 1. The molecule has 0 aliphatic carbocycles. The predicted molar refractivity (Wildman–Crippen MR) is 106 cm³/mol. The fourth-order valence-electron chi connectivity index (χ4n) is 3.27. The molecule has 1 aliphatic heterocycles. The van der Waals surface area contributed by atoms with Gasteiger partial charge in [0.25, 0.3) is 5.91 Å². The van der Waals surface area contributed by atoms with Gasteiger partial charge in [-0.3, -0.25) is 4.79 Å². The van der Waals surface area contributed by atoms with Crippen molar-refractivity contribution >= 4 is 21.6 Å². The first-order chi connectivity index (χ1) is 14.4. The fourth-order valence-corrected chi connectivity index (χ4v) is 4.88. The molecule has 0 unspecified atom stereocenters. The first-order valence-corrected chi connectivity index (χ1v) is 10.8. The molecule has 2 aromatic carbocycles. The van der Waals surface area contributed by atoms with Gasteiger partial charge in [0.05, 0.1) is 5.69 Å². The van der Waals surface area contributed by atoms with Crippen molar-refractivity contribution < 1.29 is 17.6 Å². The zero-order valence-corrected chi connectivity index (χ0v) is 16.9. The van der Waals surface area contributed by atoms with Gasteiger partial charge in [-0.2, -0.15) is 4.31 Å². The summed E-state index contributed by atoms with van der Waals surface area (Å²) < 4.78 is 42.5. The molecular formula is C19H19FN6O3S. The molecule has 0 spiro atoms. The molecule has 2 heterocycles. The van der Waals surface area contributed by atoms with E-state index >= 15 is 0 Å². The number of aromatic nitrogens is 4. The second-order valence-electron chi connectivity index (χ2n) is 6.96. The number of aryl methyl sites for hydroxylation is 1. The number of tetrazole rings is 1. The molecular weight excluding hydrogens is 411 g/mol. The molecule has 0 bridgehead atoms. The number of benzene rings is 2. The van der Waals surface area contributed by atoms with Crippen molar-refractivity contribution in [3.05, 3.63) is 59.7 Å². The lowest BCUT2D eigenvalue weighted by Gasteiger charge is -2.17. The lowest BCUT2D eigenvalue weighted by Crippen LogP contribution is -2.29. The summed E-state index contributed by atoms with van der Waals surface area (Å²) in [6.07, 6.45) is 2.89. The molecule has 3 aromatic rings. The molecule has 1 saturated heterocycles. The highest BCUT2D eigenvalue weighted by atomic mass is 32.2. The van der Waals surface area contributed by atoms with E-state index in [1.54, 1.807) is 18.2 Å². The summed E-state index contributed by atoms with van der Waals surface area (Å²) in [5.74, 6) is -1.43. The zero-order valence-electron chi connectivity index (χ0n) is 16.1. The summed E-state index contributed by atoms with van der Waals surface area (Å²) >= 11 is 0. The molecule has 0 atom stereocenters. The highest BCUT2D eigenvalue weighted by molar-refractivity contribution is 7.89. The fraction of sp³-hybridized carbons (Fsp3) is 0.263. The molecule has 1 N–H and O–H groups in total. The summed E-state index contributed by atoms with van der Waals surface area (Å²) in [5.41, 5.74) is 1.96. The van der Waals surface area contributed by atoms with Crippen LogP contribution >= 0.6 is 0 Å². The second kappa shape index (κ2) is 7.92. The summed E-state index contributed by atoms with van der Waals surface area (Å²) in [6.45, 7) is 2.51. The largest absolute Gasteiger partial charge is 0.322 e. The molecule has 9 nitrogen and oxygen atoms in total. The van der Waals surface area contributed by atoms with Crippen molar-refractivity contribution in [1.29, 1.82) is 0 Å². The third kappa shape index (κ3) is 3.81. The molecule has 0 radical (unpaired) electrons. The van der Waals surface area contributed by atoms with Crippen LogP contribution in [0, 0.1) is 12.7 Å². The Morgan fingerprint density at radius 3 is 2.60 bits per heavy atom. The van der Waals surface area contributed by atoms with Crippen LogP contribution in [-0.4, -0.2) is 51.9 Å². The van der Waals surface area contributed by atoms with Crippen molar-refractivity contribution in [3.63, 3.8) is 0 Å². The van der Waals surface area contributed by atoms with E-state index in [4.69, 9.17) is 0 Å². The van der Waals surface area contributed by atoms with Crippen LogP contribution in [-0.2, 0) is 10.0 Å². The average molecular weight is 430 g/mol. The third-order valence-corrected chi connectivity index (χ3v) is 6.87. The van der Waals surface area contributed by atoms with Gasteiger partial charge < -0.3 is 5.32 Å². The first kappa shape index (κ1) is 20.1. The number of nitrogens with one attached hydrogen (secondary N) is 1. The predicted octanol–water partition coefficient (Wildman–Crippen LogP) is 2.15. The van der Waals surface area contributed by atoms with Crippen LogP contribution < -0.4 is 5.32 Å². The van der Waals surface area contributed by atoms with Gasteiger partial charge in [0.15, 0.2) is 0 Å². The van der Waals surface area contributed by atoms with Crippen molar-refractivity contribution in [2.75, 3.05) is 18.4 Å². The van der Waals surface area contributed by atoms with Crippen LogP contribution in [0.25, 0.3) is 5.69 Å². The number of amides is 1. The zero-order chi connectivity index (χ0) is 21.3. The Morgan fingerprint density at radius 2 is 1.90 bits per heavy atom. The molecule has 1 aliphatic rings. The minimum atomic E-state index is -3.99. The van der Waals surface area contributed by atoms with Gasteiger partial charge >= 0.3 is 0 Å². The van der Waals surface area contributed by atoms with E-state index in [0.717, 1.165) is 30.5 Å². The number of carbonyl (C=O) groups excluding carboxylic acids is 1. The van der Waals surface area contributed by atoms with E-state index < -0.39 is 26.6 Å². The van der Waals surface area contributed by atoms with E-state index in [-0.39, 0.29) is 5.56 Å². The Bertz CT molecular complexity index is 1190. The number of hydrogen-bond donors (Lipinski definition) is 1. The average Bonchev–Trinajstić information content (AvgIpc) is 3.44. The van der Waals surface area contributed by atoms with E-state index in [2.05, 4.69) is 20.8 Å². The minimum absolute atomic E-state index is 0.0430. The Morgan fingerprint density at radius 1 is 1.13 bits per heavy atom. The maximum atomic E-state index is 14.3. The van der Waals surface area contributed by atoms with Crippen LogP contribution in [0.3, 0.4) is 0 Å². The molecule has 1 aromatic heterocycles. The normalized spacial score (nSPS) is 14.7. The second-order valence-corrected chi connectivity index (χ2v) is 8.87. The van der Waals surface area contributed by atoms with Crippen LogP contribution in [0.1, 0.15) is 28.8 Å². The van der Waals surface area contributed by atoms with E-state index in [1.807, 2.05) is 6.92 Å². The minimum Gasteiger partial charge on any atom is -0.322 e. The quantitative estimate of drug-likeness (QED) is 0.664.